The Morgan fingerprint density at radius 3 is 2.76 bits per heavy atom. The summed E-state index contributed by atoms with van der Waals surface area (Å²) in [7, 11) is 0. The van der Waals surface area contributed by atoms with E-state index < -0.39 is 0 Å². The minimum atomic E-state index is 0.485. The van der Waals surface area contributed by atoms with E-state index in [0.29, 0.717) is 11.5 Å². The number of nitrogens with zero attached hydrogens (tertiary/aromatic N) is 1. The fourth-order valence-corrected chi connectivity index (χ4v) is 3.97. The minimum Gasteiger partial charge on any atom is -0.314 e. The van der Waals surface area contributed by atoms with Crippen molar-refractivity contribution >= 4 is 15.9 Å². The first-order chi connectivity index (χ1) is 9.85. The molecule has 1 aromatic rings. The van der Waals surface area contributed by atoms with Gasteiger partial charge in [0, 0.05) is 22.9 Å². The van der Waals surface area contributed by atoms with Crippen molar-refractivity contribution in [1.82, 2.24) is 10.3 Å². The van der Waals surface area contributed by atoms with Crippen molar-refractivity contribution in [2.75, 3.05) is 6.54 Å². The number of rotatable bonds is 5. The zero-order chi connectivity index (χ0) is 15.5. The average molecular weight is 353 g/mol. The third-order valence-electron chi connectivity index (χ3n) is 4.72. The zero-order valence-corrected chi connectivity index (χ0v) is 15.4. The van der Waals surface area contributed by atoms with Crippen molar-refractivity contribution in [3.05, 3.63) is 28.5 Å². The van der Waals surface area contributed by atoms with Crippen LogP contribution < -0.4 is 5.32 Å². The van der Waals surface area contributed by atoms with E-state index in [1.54, 1.807) is 0 Å². The molecule has 1 heterocycles. The van der Waals surface area contributed by atoms with Crippen LogP contribution in [0.3, 0.4) is 0 Å². The molecule has 3 heteroatoms. The van der Waals surface area contributed by atoms with Gasteiger partial charge >= 0.3 is 0 Å². The van der Waals surface area contributed by atoms with Gasteiger partial charge in [-0.15, -0.1) is 0 Å². The number of hydrogen-bond donors (Lipinski definition) is 1. The molecule has 0 aromatic carbocycles. The van der Waals surface area contributed by atoms with Crippen molar-refractivity contribution in [3.63, 3.8) is 0 Å². The van der Waals surface area contributed by atoms with Gasteiger partial charge in [0.2, 0.25) is 0 Å². The van der Waals surface area contributed by atoms with Crippen LogP contribution in [0.2, 0.25) is 0 Å². The summed E-state index contributed by atoms with van der Waals surface area (Å²) in [5.74, 6) is 1.55. The van der Waals surface area contributed by atoms with Gasteiger partial charge in [0.1, 0.15) is 0 Å². The topological polar surface area (TPSA) is 24.9 Å². The van der Waals surface area contributed by atoms with E-state index in [-0.39, 0.29) is 0 Å². The Balaban J connectivity index is 2.05. The maximum Gasteiger partial charge on any atom is 0.0410 e. The summed E-state index contributed by atoms with van der Waals surface area (Å²) in [6, 6.07) is 2.80. The van der Waals surface area contributed by atoms with Crippen LogP contribution in [0.15, 0.2) is 22.9 Å². The Hall–Kier alpha value is -0.410. The lowest BCUT2D eigenvalue weighted by Crippen LogP contribution is -2.38. The second-order valence-corrected chi connectivity index (χ2v) is 8.62. The second-order valence-electron chi connectivity index (χ2n) is 7.71. The van der Waals surface area contributed by atoms with Gasteiger partial charge in [-0.3, -0.25) is 4.98 Å². The molecule has 1 aliphatic rings. The lowest BCUT2D eigenvalue weighted by atomic mass is 9.65. The third-order valence-corrected chi connectivity index (χ3v) is 5.15. The third kappa shape index (κ3) is 5.37. The number of pyridine rings is 1. The van der Waals surface area contributed by atoms with Crippen molar-refractivity contribution in [3.8, 4) is 0 Å². The SMILES string of the molecule is CC(C)NCC1CCC(C)(C)CC1Cc1cncc(Br)c1. The molecule has 2 rings (SSSR count). The first kappa shape index (κ1) is 17.0. The lowest BCUT2D eigenvalue weighted by molar-refractivity contribution is 0.114. The summed E-state index contributed by atoms with van der Waals surface area (Å²) in [6.07, 6.45) is 9.07. The quantitative estimate of drug-likeness (QED) is 0.820. The van der Waals surface area contributed by atoms with Gasteiger partial charge in [0.05, 0.1) is 0 Å². The summed E-state index contributed by atoms with van der Waals surface area (Å²) < 4.78 is 1.09. The van der Waals surface area contributed by atoms with Gasteiger partial charge < -0.3 is 5.32 Å². The minimum absolute atomic E-state index is 0.485. The number of aromatic nitrogens is 1. The molecule has 2 nitrogen and oxygen atoms in total. The Morgan fingerprint density at radius 2 is 2.10 bits per heavy atom. The fraction of sp³-hybridized carbons (Fsp3) is 0.722. The molecule has 2 atom stereocenters. The van der Waals surface area contributed by atoms with Crippen LogP contribution in [0.4, 0.5) is 0 Å². The fourth-order valence-electron chi connectivity index (χ4n) is 3.56. The molecule has 118 valence electrons. The van der Waals surface area contributed by atoms with E-state index >= 15 is 0 Å². The maximum atomic E-state index is 4.32. The number of nitrogens with one attached hydrogen (secondary N) is 1. The predicted molar refractivity (Wildman–Crippen MR) is 93.4 cm³/mol. The van der Waals surface area contributed by atoms with E-state index in [9.17, 15) is 0 Å². The summed E-state index contributed by atoms with van der Waals surface area (Å²) in [5, 5.41) is 3.64. The molecule has 0 bridgehead atoms. The van der Waals surface area contributed by atoms with Crippen LogP contribution in [0.25, 0.3) is 0 Å². The normalized spacial score (nSPS) is 25.2. The molecule has 21 heavy (non-hydrogen) atoms. The standard InChI is InChI=1S/C18H29BrN2/c1-13(2)21-11-15-5-6-18(3,4)9-16(15)7-14-8-17(19)12-20-10-14/h8,10,12-13,15-16,21H,5-7,9,11H2,1-4H3. The Morgan fingerprint density at radius 1 is 1.33 bits per heavy atom. The van der Waals surface area contributed by atoms with Crippen molar-refractivity contribution in [2.24, 2.45) is 17.3 Å². The van der Waals surface area contributed by atoms with Gasteiger partial charge in [-0.25, -0.2) is 0 Å². The Bertz CT molecular complexity index is 454. The molecule has 1 N–H and O–H groups in total. The maximum absolute atomic E-state index is 4.32. The number of halogens is 1. The first-order valence-corrected chi connectivity index (χ1v) is 8.98. The summed E-state index contributed by atoms with van der Waals surface area (Å²) in [4.78, 5) is 4.32. The number of hydrogen-bond acceptors (Lipinski definition) is 2. The van der Waals surface area contributed by atoms with Crippen LogP contribution in [0.1, 0.15) is 52.5 Å². The molecule has 1 aromatic heterocycles. The van der Waals surface area contributed by atoms with Crippen molar-refractivity contribution in [2.45, 2.75) is 59.4 Å². The molecule has 1 fully saturated rings. The molecule has 0 amide bonds. The largest absolute Gasteiger partial charge is 0.314 e. The summed E-state index contributed by atoms with van der Waals surface area (Å²) >= 11 is 3.54. The molecule has 0 spiro atoms. The van der Waals surface area contributed by atoms with Gasteiger partial charge in [0.25, 0.3) is 0 Å². The van der Waals surface area contributed by atoms with Crippen LogP contribution in [0.5, 0.6) is 0 Å². The molecule has 0 aliphatic heterocycles. The monoisotopic (exact) mass is 352 g/mol. The van der Waals surface area contributed by atoms with Crippen molar-refractivity contribution < 1.29 is 0 Å². The van der Waals surface area contributed by atoms with Crippen LogP contribution in [-0.4, -0.2) is 17.6 Å². The van der Waals surface area contributed by atoms with Gasteiger partial charge in [0.15, 0.2) is 0 Å². The van der Waals surface area contributed by atoms with Crippen LogP contribution in [-0.2, 0) is 6.42 Å². The summed E-state index contributed by atoms with van der Waals surface area (Å²) in [6.45, 7) is 10.5. The average Bonchev–Trinajstić information content (AvgIpc) is 2.36. The Kier molecular flexibility index (Phi) is 5.84. The molecule has 1 aliphatic carbocycles. The Labute approximate surface area is 138 Å². The van der Waals surface area contributed by atoms with Crippen LogP contribution in [0, 0.1) is 17.3 Å². The molecule has 2 unspecified atom stereocenters. The smallest absolute Gasteiger partial charge is 0.0410 e. The second kappa shape index (κ2) is 7.23. The van der Waals surface area contributed by atoms with E-state index in [2.05, 4.69) is 60.0 Å². The molecular weight excluding hydrogens is 324 g/mol. The summed E-state index contributed by atoms with van der Waals surface area (Å²) in [5.41, 5.74) is 1.85. The van der Waals surface area contributed by atoms with Gasteiger partial charge in [-0.05, 0) is 77.0 Å². The van der Waals surface area contributed by atoms with Crippen molar-refractivity contribution in [1.29, 1.82) is 0 Å². The van der Waals surface area contributed by atoms with E-state index in [1.807, 2.05) is 12.4 Å². The highest BCUT2D eigenvalue weighted by Crippen LogP contribution is 2.43. The predicted octanol–water partition coefficient (Wildman–Crippen LogP) is 4.83. The van der Waals surface area contributed by atoms with E-state index in [4.69, 9.17) is 0 Å². The van der Waals surface area contributed by atoms with Crippen LogP contribution >= 0.6 is 15.9 Å². The van der Waals surface area contributed by atoms with E-state index in [1.165, 1.54) is 24.8 Å². The highest BCUT2D eigenvalue weighted by atomic mass is 79.9. The van der Waals surface area contributed by atoms with Gasteiger partial charge in [-0.1, -0.05) is 27.7 Å². The molecule has 0 radical (unpaired) electrons. The highest BCUT2D eigenvalue weighted by molar-refractivity contribution is 9.10. The van der Waals surface area contributed by atoms with E-state index in [0.717, 1.165) is 29.3 Å². The molecule has 1 saturated carbocycles. The molecule has 0 saturated heterocycles. The zero-order valence-electron chi connectivity index (χ0n) is 13.8. The molecular formula is C18H29BrN2. The lowest BCUT2D eigenvalue weighted by Gasteiger charge is -2.41. The first-order valence-electron chi connectivity index (χ1n) is 8.18. The highest BCUT2D eigenvalue weighted by Gasteiger charge is 2.34. The van der Waals surface area contributed by atoms with Gasteiger partial charge in [-0.2, -0.15) is 0 Å².